The van der Waals surface area contributed by atoms with Crippen LogP contribution in [0.4, 0.5) is 0 Å². The zero-order valence-corrected chi connectivity index (χ0v) is 11.9. The van der Waals surface area contributed by atoms with Gasteiger partial charge in [-0.15, -0.1) is 0 Å². The van der Waals surface area contributed by atoms with Crippen molar-refractivity contribution in [3.8, 4) is 0 Å². The number of carboxylic acid groups (broad SMARTS) is 1. The summed E-state index contributed by atoms with van der Waals surface area (Å²) in [7, 11) is 1.75. The van der Waals surface area contributed by atoms with Gasteiger partial charge in [0.25, 0.3) is 11.8 Å². The van der Waals surface area contributed by atoms with Crippen molar-refractivity contribution < 1.29 is 24.6 Å². The number of aliphatic hydroxyl groups excluding tert-OH is 1. The molecule has 0 spiro atoms. The van der Waals surface area contributed by atoms with Crippen LogP contribution in [0.25, 0.3) is 0 Å². The first-order valence-electron chi connectivity index (χ1n) is 6.57. The quantitative estimate of drug-likeness (QED) is 0.609. The van der Waals surface area contributed by atoms with Crippen LogP contribution in [-0.4, -0.2) is 55.8 Å². The molecule has 9 nitrogen and oxygen atoms in total. The molecule has 2 heterocycles. The normalized spacial score (nSPS) is 15.1. The second-order valence-electron chi connectivity index (χ2n) is 4.90. The van der Waals surface area contributed by atoms with Crippen LogP contribution >= 0.6 is 0 Å². The fraction of sp³-hybridized carbons (Fsp3) is 0.385. The van der Waals surface area contributed by atoms with Gasteiger partial charge in [-0.3, -0.25) is 19.1 Å². The zero-order valence-electron chi connectivity index (χ0n) is 11.9. The van der Waals surface area contributed by atoms with Gasteiger partial charge in [-0.1, -0.05) is 0 Å². The van der Waals surface area contributed by atoms with E-state index < -0.39 is 29.9 Å². The van der Waals surface area contributed by atoms with Crippen molar-refractivity contribution in [2.24, 2.45) is 7.05 Å². The molecule has 2 amide bonds. The third-order valence-corrected chi connectivity index (χ3v) is 3.17. The van der Waals surface area contributed by atoms with Gasteiger partial charge in [0.05, 0.1) is 6.20 Å². The third kappa shape index (κ3) is 3.43. The zero-order chi connectivity index (χ0) is 16.3. The highest BCUT2D eigenvalue weighted by atomic mass is 16.4. The van der Waals surface area contributed by atoms with E-state index in [1.54, 1.807) is 24.1 Å². The number of aliphatic carboxylic acids is 1. The SMILES string of the molecule is Cn1cc(CN2CCC(O)=C(C(=O)NCC(=O)O)C2=O)cn1. The van der Waals surface area contributed by atoms with Gasteiger partial charge >= 0.3 is 5.97 Å². The molecule has 2 rings (SSSR count). The molecule has 1 aromatic rings. The lowest BCUT2D eigenvalue weighted by atomic mass is 10.1. The molecular formula is C13H16N4O5. The second kappa shape index (κ2) is 6.29. The molecule has 0 atom stereocenters. The monoisotopic (exact) mass is 308 g/mol. The van der Waals surface area contributed by atoms with Crippen molar-refractivity contribution in [3.05, 3.63) is 29.3 Å². The van der Waals surface area contributed by atoms with Gasteiger partial charge in [-0.25, -0.2) is 0 Å². The van der Waals surface area contributed by atoms with Crippen LogP contribution in [0.2, 0.25) is 0 Å². The Labute approximate surface area is 125 Å². The minimum Gasteiger partial charge on any atom is -0.511 e. The van der Waals surface area contributed by atoms with Gasteiger partial charge in [-0.2, -0.15) is 5.10 Å². The highest BCUT2D eigenvalue weighted by Crippen LogP contribution is 2.19. The number of carboxylic acids is 1. The van der Waals surface area contributed by atoms with E-state index >= 15 is 0 Å². The molecule has 0 radical (unpaired) electrons. The smallest absolute Gasteiger partial charge is 0.322 e. The summed E-state index contributed by atoms with van der Waals surface area (Å²) in [6.45, 7) is -0.0869. The molecule has 1 aromatic heterocycles. The van der Waals surface area contributed by atoms with Crippen LogP contribution in [0.5, 0.6) is 0 Å². The third-order valence-electron chi connectivity index (χ3n) is 3.17. The Balaban J connectivity index is 2.10. The Hall–Kier alpha value is -2.84. The first kappa shape index (κ1) is 15.5. The predicted octanol–water partition coefficient (Wildman–Crippen LogP) is -0.835. The summed E-state index contributed by atoms with van der Waals surface area (Å²) in [5.74, 6) is -3.07. The number of hydrogen-bond donors (Lipinski definition) is 3. The van der Waals surface area contributed by atoms with Crippen LogP contribution in [0, 0.1) is 0 Å². The van der Waals surface area contributed by atoms with E-state index in [1.165, 1.54) is 4.90 Å². The Morgan fingerprint density at radius 1 is 1.45 bits per heavy atom. The molecular weight excluding hydrogens is 292 g/mol. The molecule has 22 heavy (non-hydrogen) atoms. The fourth-order valence-electron chi connectivity index (χ4n) is 2.15. The minimum absolute atomic E-state index is 0.141. The molecule has 0 unspecified atom stereocenters. The van der Waals surface area contributed by atoms with E-state index in [4.69, 9.17) is 5.11 Å². The van der Waals surface area contributed by atoms with E-state index in [-0.39, 0.29) is 25.3 Å². The summed E-state index contributed by atoms with van der Waals surface area (Å²) >= 11 is 0. The molecule has 0 aromatic carbocycles. The second-order valence-corrected chi connectivity index (χ2v) is 4.90. The molecule has 0 aliphatic carbocycles. The molecule has 0 bridgehead atoms. The summed E-state index contributed by atoms with van der Waals surface area (Å²) in [4.78, 5) is 36.0. The molecule has 0 fully saturated rings. The molecule has 0 saturated carbocycles. The van der Waals surface area contributed by atoms with Crippen LogP contribution < -0.4 is 5.32 Å². The molecule has 118 valence electrons. The summed E-state index contributed by atoms with van der Waals surface area (Å²) in [6, 6.07) is 0. The van der Waals surface area contributed by atoms with E-state index in [0.717, 1.165) is 5.56 Å². The standard InChI is InChI=1S/C13H16N4O5/c1-16-6-8(4-15-16)7-17-3-2-9(18)11(13(17)22)12(21)14-5-10(19)20/h4,6,18H,2-3,5,7H2,1H3,(H,14,21)(H,19,20). The van der Waals surface area contributed by atoms with E-state index in [9.17, 15) is 19.5 Å². The average Bonchev–Trinajstić information content (AvgIpc) is 2.85. The number of aromatic nitrogens is 2. The maximum absolute atomic E-state index is 12.3. The largest absolute Gasteiger partial charge is 0.511 e. The Kier molecular flexibility index (Phi) is 4.44. The van der Waals surface area contributed by atoms with Gasteiger partial charge in [0.2, 0.25) is 0 Å². The summed E-state index contributed by atoms with van der Waals surface area (Å²) in [5, 5.41) is 24.4. The van der Waals surface area contributed by atoms with Gasteiger partial charge < -0.3 is 20.4 Å². The maximum Gasteiger partial charge on any atom is 0.322 e. The van der Waals surface area contributed by atoms with Gasteiger partial charge in [0.1, 0.15) is 17.9 Å². The van der Waals surface area contributed by atoms with Gasteiger partial charge in [-0.05, 0) is 0 Å². The average molecular weight is 308 g/mol. The number of rotatable bonds is 5. The number of hydrogen-bond acceptors (Lipinski definition) is 5. The number of nitrogens with zero attached hydrogens (tertiary/aromatic N) is 3. The molecule has 3 N–H and O–H groups in total. The first-order valence-corrected chi connectivity index (χ1v) is 6.57. The molecule has 9 heteroatoms. The number of nitrogens with one attached hydrogen (secondary N) is 1. The van der Waals surface area contributed by atoms with Crippen LogP contribution in [0.1, 0.15) is 12.0 Å². The van der Waals surface area contributed by atoms with Crippen molar-refractivity contribution in [3.63, 3.8) is 0 Å². The summed E-state index contributed by atoms with van der Waals surface area (Å²) < 4.78 is 1.59. The van der Waals surface area contributed by atoms with Crippen molar-refractivity contribution in [1.29, 1.82) is 0 Å². The Morgan fingerprint density at radius 3 is 2.77 bits per heavy atom. The van der Waals surface area contributed by atoms with Gasteiger partial charge in [0.15, 0.2) is 0 Å². The van der Waals surface area contributed by atoms with Crippen molar-refractivity contribution >= 4 is 17.8 Å². The number of carbonyl (C=O) groups excluding carboxylic acids is 2. The number of aliphatic hydroxyl groups is 1. The summed E-state index contributed by atoms with van der Waals surface area (Å²) in [5.41, 5.74) is 0.388. The minimum atomic E-state index is -1.23. The molecule has 1 aliphatic heterocycles. The number of carbonyl (C=O) groups is 3. The van der Waals surface area contributed by atoms with E-state index in [2.05, 4.69) is 10.4 Å². The lowest BCUT2D eigenvalue weighted by Gasteiger charge is -2.27. The Bertz CT molecular complexity index is 649. The van der Waals surface area contributed by atoms with Crippen molar-refractivity contribution in [2.75, 3.05) is 13.1 Å². The van der Waals surface area contributed by atoms with Crippen LogP contribution in [0.15, 0.2) is 23.7 Å². The van der Waals surface area contributed by atoms with Crippen molar-refractivity contribution in [2.45, 2.75) is 13.0 Å². The first-order chi connectivity index (χ1) is 10.4. The maximum atomic E-state index is 12.3. The van der Waals surface area contributed by atoms with Crippen molar-refractivity contribution in [1.82, 2.24) is 20.0 Å². The Morgan fingerprint density at radius 2 is 2.18 bits per heavy atom. The highest BCUT2D eigenvalue weighted by Gasteiger charge is 2.32. The lowest BCUT2D eigenvalue weighted by molar-refractivity contribution is -0.138. The van der Waals surface area contributed by atoms with Gasteiger partial charge in [0, 0.05) is 38.3 Å². The lowest BCUT2D eigenvalue weighted by Crippen LogP contribution is -2.43. The number of aryl methyl sites for hydroxylation is 1. The molecule has 1 aliphatic rings. The molecule has 0 saturated heterocycles. The number of amides is 2. The predicted molar refractivity (Wildman–Crippen MR) is 73.5 cm³/mol. The van der Waals surface area contributed by atoms with E-state index in [1.807, 2.05) is 0 Å². The van der Waals surface area contributed by atoms with Crippen LogP contribution in [-0.2, 0) is 28.0 Å². The fourth-order valence-corrected chi connectivity index (χ4v) is 2.15. The highest BCUT2D eigenvalue weighted by molar-refractivity contribution is 6.19. The topological polar surface area (TPSA) is 125 Å². The summed E-state index contributed by atoms with van der Waals surface area (Å²) in [6.07, 6.45) is 3.49. The van der Waals surface area contributed by atoms with Crippen LogP contribution in [0.3, 0.4) is 0 Å². The van der Waals surface area contributed by atoms with E-state index in [0.29, 0.717) is 0 Å².